The Morgan fingerprint density at radius 1 is 1.00 bits per heavy atom. The van der Waals surface area contributed by atoms with Crippen molar-refractivity contribution in [3.8, 4) is 0 Å². The molecule has 0 bridgehead atoms. The molecule has 1 aromatic rings. The van der Waals surface area contributed by atoms with Gasteiger partial charge in [0.1, 0.15) is 0 Å². The van der Waals surface area contributed by atoms with Crippen LogP contribution in [0.25, 0.3) is 0 Å². The van der Waals surface area contributed by atoms with Crippen LogP contribution in [0.15, 0.2) is 45.2 Å². The first-order valence-electron chi connectivity index (χ1n) is 9.31. The van der Waals surface area contributed by atoms with Crippen molar-refractivity contribution >= 4 is 16.2 Å². The maximum absolute atomic E-state index is 12.1. The molecule has 2 aliphatic rings. The Bertz CT molecular complexity index is 789. The molecule has 31 heavy (non-hydrogen) atoms. The van der Waals surface area contributed by atoms with Gasteiger partial charge in [-0.2, -0.15) is 0 Å². The molecule has 0 aliphatic heterocycles. The summed E-state index contributed by atoms with van der Waals surface area (Å²) >= 11 is 0. The predicted molar refractivity (Wildman–Crippen MR) is 115 cm³/mol. The molecule has 0 aromatic heterocycles. The zero-order chi connectivity index (χ0) is 23.0. The molecule has 2 aliphatic carbocycles. The topological polar surface area (TPSA) is 86.3 Å². The minimum atomic E-state index is -3.60. The first-order valence-corrected chi connectivity index (χ1v) is 10.8. The third kappa shape index (κ3) is 12.9. The SMILES string of the molecule is CC(C)(C)C1CC[C-]=C(/C=N/S(=O)(=O)c2ccccc2)C1.[C-]#[O+].[C-]#[O+].[CH]1[CH][CH][CH][CH]1.[Fe+2]. The van der Waals surface area contributed by atoms with E-state index in [1.807, 2.05) is 32.1 Å². The number of sulfonamides is 1. The number of rotatable bonds is 3. The van der Waals surface area contributed by atoms with Crippen molar-refractivity contribution in [2.75, 3.05) is 0 Å². The van der Waals surface area contributed by atoms with E-state index in [2.05, 4.69) is 44.5 Å². The van der Waals surface area contributed by atoms with Crippen molar-refractivity contribution in [1.29, 1.82) is 0 Å². The van der Waals surface area contributed by atoms with Crippen molar-refractivity contribution in [2.45, 2.75) is 44.9 Å². The quantitative estimate of drug-likeness (QED) is 0.264. The van der Waals surface area contributed by atoms with Crippen molar-refractivity contribution in [1.82, 2.24) is 0 Å². The van der Waals surface area contributed by atoms with Crippen molar-refractivity contribution < 1.29 is 34.8 Å². The van der Waals surface area contributed by atoms with Gasteiger partial charge in [0.05, 0.1) is 4.90 Å². The number of hydrogen-bond donors (Lipinski definition) is 0. The Morgan fingerprint density at radius 2 is 1.48 bits per heavy atom. The van der Waals surface area contributed by atoms with E-state index in [-0.39, 0.29) is 27.4 Å². The Morgan fingerprint density at radius 3 is 1.94 bits per heavy atom. The third-order valence-corrected chi connectivity index (χ3v) is 5.73. The molecule has 165 valence electrons. The smallest absolute Gasteiger partial charge is 0.0312 e. The maximum Gasteiger partial charge on any atom is 2.00 e. The van der Waals surface area contributed by atoms with Crippen LogP contribution < -0.4 is 0 Å². The maximum atomic E-state index is 12.1. The molecule has 1 unspecified atom stereocenters. The molecule has 0 N–H and O–H groups in total. The molecule has 7 heteroatoms. The van der Waals surface area contributed by atoms with Gasteiger partial charge in [-0.05, 0) is 55.6 Å². The van der Waals surface area contributed by atoms with Gasteiger partial charge in [0.2, 0.25) is 0 Å². The summed E-state index contributed by atoms with van der Waals surface area (Å²) in [6, 6.07) is 8.30. The molecular weight excluding hydrogens is 454 g/mol. The predicted octanol–water partition coefficient (Wildman–Crippen LogP) is 4.97. The molecule has 5 radical (unpaired) electrons. The molecule has 0 saturated heterocycles. The average molecular weight is 481 g/mol. The van der Waals surface area contributed by atoms with Gasteiger partial charge in [-0.3, -0.25) is 10.5 Å². The Kier molecular flexibility index (Phi) is 17.6. The molecule has 1 aromatic carbocycles. The molecule has 0 amide bonds. The second-order valence-electron chi connectivity index (χ2n) is 7.49. The average Bonchev–Trinajstić information content (AvgIpc) is 3.36. The van der Waals surface area contributed by atoms with E-state index in [9.17, 15) is 8.42 Å². The van der Waals surface area contributed by atoms with Crippen LogP contribution in [0.1, 0.15) is 40.0 Å². The van der Waals surface area contributed by atoms with Gasteiger partial charge in [-0.25, -0.2) is 14.0 Å². The third-order valence-electron chi connectivity index (χ3n) is 4.48. The van der Waals surface area contributed by atoms with Crippen LogP contribution in [0.3, 0.4) is 0 Å². The minimum Gasteiger partial charge on any atom is -0.0312 e. The molecule has 3 rings (SSSR count). The normalized spacial score (nSPS) is 17.9. The summed E-state index contributed by atoms with van der Waals surface area (Å²) in [5.41, 5.74) is 1.13. The number of allylic oxidation sites excluding steroid dienone is 2. The Balaban J connectivity index is 0. The molecule has 1 atom stereocenters. The van der Waals surface area contributed by atoms with Crippen LogP contribution in [0.2, 0.25) is 0 Å². The molecule has 5 nitrogen and oxygen atoms in total. The summed E-state index contributed by atoms with van der Waals surface area (Å²) in [4.78, 5) is 0.227. The van der Waals surface area contributed by atoms with Crippen LogP contribution in [0.5, 0.6) is 0 Å². The van der Waals surface area contributed by atoms with Crippen molar-refractivity contribution in [3.63, 3.8) is 0 Å². The molecule has 1 saturated carbocycles. The first kappa shape index (κ1) is 31.8. The summed E-state index contributed by atoms with van der Waals surface area (Å²) < 4.78 is 43.0. The van der Waals surface area contributed by atoms with Gasteiger partial charge in [0.15, 0.2) is 0 Å². The van der Waals surface area contributed by atoms with E-state index in [0.29, 0.717) is 5.92 Å². The molecule has 0 heterocycles. The van der Waals surface area contributed by atoms with E-state index in [1.54, 1.807) is 30.3 Å². The number of nitrogens with zero attached hydrogens (tertiary/aromatic N) is 1. The van der Waals surface area contributed by atoms with Crippen LogP contribution >= 0.6 is 0 Å². The van der Waals surface area contributed by atoms with Gasteiger partial charge in [0.25, 0.3) is 10.0 Å². The largest absolute Gasteiger partial charge is 2.00 e. The standard InChI is InChI=1S/C17H22NO2S.C5H5.2CO.Fe/c1-17(2,3)15-9-7-8-14(12-15)13-18-21(19,20)16-10-5-4-6-11-16;1-2-4-5-3-1;2*1-2;/h4-6,10-11,13,15H,7,9,12H2,1-3H3;1-5H;;;/q-1;;;;+2/b18-13+;;;;. The fourth-order valence-corrected chi connectivity index (χ4v) is 3.68. The fraction of sp³-hybridized carbons (Fsp3) is 0.333. The van der Waals surface area contributed by atoms with Gasteiger partial charge < -0.3 is 0 Å². The minimum absolute atomic E-state index is 0. The summed E-state index contributed by atoms with van der Waals surface area (Å²) in [5.74, 6) is 0.541. The first-order chi connectivity index (χ1) is 14.3. The molecule has 0 spiro atoms. The van der Waals surface area contributed by atoms with E-state index >= 15 is 0 Å². The molecular formula is C24H27FeNO4S+. The van der Waals surface area contributed by atoms with E-state index in [1.165, 1.54) is 6.21 Å². The van der Waals surface area contributed by atoms with Crippen molar-refractivity contribution in [3.05, 3.63) is 87.4 Å². The number of hydrogen-bond acceptors (Lipinski definition) is 2. The summed E-state index contributed by atoms with van der Waals surface area (Å²) in [6.07, 6.45) is 17.5. The van der Waals surface area contributed by atoms with Crippen LogP contribution in [0.4, 0.5) is 0 Å². The second-order valence-corrected chi connectivity index (χ2v) is 9.12. The zero-order valence-corrected chi connectivity index (χ0v) is 19.8. The summed E-state index contributed by atoms with van der Waals surface area (Å²) in [7, 11) is -3.60. The number of benzene rings is 1. The van der Waals surface area contributed by atoms with Gasteiger partial charge in [-0.15, -0.1) is 12.6 Å². The van der Waals surface area contributed by atoms with E-state index in [4.69, 9.17) is 9.30 Å². The van der Waals surface area contributed by atoms with Gasteiger partial charge in [-0.1, -0.05) is 51.8 Å². The van der Waals surface area contributed by atoms with E-state index < -0.39 is 10.0 Å². The van der Waals surface area contributed by atoms with Crippen LogP contribution in [-0.2, 0) is 36.4 Å². The van der Waals surface area contributed by atoms with Crippen LogP contribution in [0, 0.1) is 62.8 Å². The zero-order valence-electron chi connectivity index (χ0n) is 17.9. The molecule has 1 fully saturated rings. The monoisotopic (exact) mass is 481 g/mol. The second kappa shape index (κ2) is 17.2. The Labute approximate surface area is 198 Å². The van der Waals surface area contributed by atoms with Crippen LogP contribution in [-0.4, -0.2) is 14.6 Å². The van der Waals surface area contributed by atoms with Gasteiger partial charge in [0, 0.05) is 0 Å². The van der Waals surface area contributed by atoms with E-state index in [0.717, 1.165) is 24.8 Å². The fourth-order valence-electron chi connectivity index (χ4n) is 2.79. The Hall–Kier alpha value is -1.42. The van der Waals surface area contributed by atoms with Gasteiger partial charge >= 0.3 is 39.7 Å². The van der Waals surface area contributed by atoms with Crippen molar-refractivity contribution in [2.24, 2.45) is 15.7 Å². The summed E-state index contributed by atoms with van der Waals surface area (Å²) in [5, 5.41) is 0. The summed E-state index contributed by atoms with van der Waals surface area (Å²) in [6.45, 7) is 15.7.